The summed E-state index contributed by atoms with van der Waals surface area (Å²) in [5, 5.41) is 0. The van der Waals surface area contributed by atoms with Crippen molar-refractivity contribution in [3.8, 4) is 0 Å². The fourth-order valence-corrected chi connectivity index (χ4v) is 4.88. The molecule has 2 aromatic rings. The predicted octanol–water partition coefficient (Wildman–Crippen LogP) is -0.957. The Morgan fingerprint density at radius 3 is 1.50 bits per heavy atom. The van der Waals surface area contributed by atoms with E-state index in [1.54, 1.807) is 4.90 Å². The molecule has 0 spiro atoms. The van der Waals surface area contributed by atoms with Crippen LogP contribution in [0.3, 0.4) is 0 Å². The molecule has 0 fully saturated rings. The molecule has 2 aliphatic rings. The molecule has 0 bridgehead atoms. The maximum Gasteiger partial charge on any atom is 0.330 e. The van der Waals surface area contributed by atoms with Crippen molar-refractivity contribution in [3.63, 3.8) is 0 Å². The predicted molar refractivity (Wildman–Crippen MR) is 150 cm³/mol. The molecule has 0 saturated carbocycles. The second kappa shape index (κ2) is 14.8. The highest BCUT2D eigenvalue weighted by Gasteiger charge is 2.26. The first-order chi connectivity index (χ1) is 19.9. The number of nitrogens with zero attached hydrogens (tertiary/aromatic N) is 2. The Morgan fingerprint density at radius 1 is 0.786 bits per heavy atom. The lowest BCUT2D eigenvalue weighted by atomic mass is 10.3. The average Bonchev–Trinajstić information content (AvgIpc) is 3.62. The Morgan fingerprint density at radius 2 is 1.17 bits per heavy atom. The summed E-state index contributed by atoms with van der Waals surface area (Å²) in [5.41, 5.74) is -1.74. The number of phosphoric ester groups is 1. The first-order valence-corrected chi connectivity index (χ1v) is 15.1. The highest BCUT2D eigenvalue weighted by atomic mass is 31.2. The molecule has 0 aromatic carbocycles. The Hall–Kier alpha value is -3.17. The van der Waals surface area contributed by atoms with Crippen LogP contribution in [0.1, 0.15) is 44.4 Å². The molecule has 0 unspecified atom stereocenters. The van der Waals surface area contributed by atoms with Gasteiger partial charge in [0, 0.05) is 23.5 Å². The zero-order chi connectivity index (χ0) is 31.0. The maximum atomic E-state index is 12.2. The molecular formula is C26H38N5O10P. The first-order valence-electron chi connectivity index (χ1n) is 13.6. The van der Waals surface area contributed by atoms with Gasteiger partial charge in [0.25, 0.3) is 18.9 Å². The zero-order valence-corrected chi connectivity index (χ0v) is 25.1. The van der Waals surface area contributed by atoms with Crippen LogP contribution in [-0.2, 0) is 23.1 Å². The monoisotopic (exact) mass is 611 g/mol. The molecule has 2 aromatic heterocycles. The molecular weight excluding hydrogens is 573 g/mol. The summed E-state index contributed by atoms with van der Waals surface area (Å²) in [6, 6.07) is 0. The second-order valence-corrected chi connectivity index (χ2v) is 11.1. The number of hydrogen-bond acceptors (Lipinski definition) is 10. The molecule has 4 atom stereocenters. The lowest BCUT2D eigenvalue weighted by Crippen LogP contribution is -3.11. The molecule has 4 rings (SSSR count). The van der Waals surface area contributed by atoms with E-state index in [0.29, 0.717) is 11.1 Å². The molecule has 0 aliphatic carbocycles. The quantitative estimate of drug-likeness (QED) is 0.211. The highest BCUT2D eigenvalue weighted by molar-refractivity contribution is 7.45. The van der Waals surface area contributed by atoms with Gasteiger partial charge in [0.15, 0.2) is 12.5 Å². The number of rotatable bonds is 11. The van der Waals surface area contributed by atoms with E-state index in [-0.39, 0.29) is 0 Å². The van der Waals surface area contributed by atoms with Crippen molar-refractivity contribution in [2.45, 2.75) is 59.3 Å². The van der Waals surface area contributed by atoms with Crippen LogP contribution in [0.25, 0.3) is 0 Å². The minimum atomic E-state index is -4.74. The Bertz CT molecular complexity index is 1440. The maximum absolute atomic E-state index is 12.2. The molecule has 4 heterocycles. The molecule has 0 radical (unpaired) electrons. The topological polar surface area (TPSA) is 191 Å². The number of aromatic nitrogens is 4. The summed E-state index contributed by atoms with van der Waals surface area (Å²) in [7, 11) is -4.74. The van der Waals surface area contributed by atoms with Crippen LogP contribution in [0.2, 0.25) is 0 Å². The van der Waals surface area contributed by atoms with Crippen LogP contribution in [0.5, 0.6) is 0 Å². The van der Waals surface area contributed by atoms with Crippen LogP contribution in [0.15, 0.2) is 55.9 Å². The lowest BCUT2D eigenvalue weighted by Gasteiger charge is -2.26. The Kier molecular flexibility index (Phi) is 11.8. The van der Waals surface area contributed by atoms with Crippen LogP contribution in [-0.4, -0.2) is 64.2 Å². The van der Waals surface area contributed by atoms with Gasteiger partial charge in [-0.25, -0.2) is 9.59 Å². The van der Waals surface area contributed by atoms with Gasteiger partial charge in [-0.3, -0.25) is 33.3 Å². The minimum absolute atomic E-state index is 0.310. The molecule has 232 valence electrons. The molecule has 16 heteroatoms. The van der Waals surface area contributed by atoms with E-state index < -0.39 is 68.2 Å². The second-order valence-electron chi connectivity index (χ2n) is 9.71. The molecule has 42 heavy (non-hydrogen) atoms. The average molecular weight is 612 g/mol. The van der Waals surface area contributed by atoms with Crippen molar-refractivity contribution in [1.82, 2.24) is 19.1 Å². The van der Waals surface area contributed by atoms with Gasteiger partial charge in [0.2, 0.25) is 0 Å². The number of aromatic amines is 2. The number of quaternary nitrogens is 1. The van der Waals surface area contributed by atoms with Gasteiger partial charge < -0.3 is 28.3 Å². The van der Waals surface area contributed by atoms with Crippen LogP contribution < -0.4 is 32.3 Å². The Labute approximate surface area is 241 Å². The third-order valence-corrected chi connectivity index (χ3v) is 7.67. The number of ether oxygens (including phenoxy) is 2. The molecule has 15 nitrogen and oxygen atoms in total. The summed E-state index contributed by atoms with van der Waals surface area (Å²) in [5.74, 6) is 0. The molecule has 3 N–H and O–H groups in total. The van der Waals surface area contributed by atoms with Gasteiger partial charge in [-0.1, -0.05) is 12.2 Å². The number of phosphoric acid groups is 1. The van der Waals surface area contributed by atoms with Crippen molar-refractivity contribution < 1.29 is 32.9 Å². The molecule has 0 amide bonds. The van der Waals surface area contributed by atoms with Crippen molar-refractivity contribution in [1.29, 1.82) is 0 Å². The highest BCUT2D eigenvalue weighted by Crippen LogP contribution is 2.40. The summed E-state index contributed by atoms with van der Waals surface area (Å²) < 4.78 is 35.4. The van der Waals surface area contributed by atoms with Gasteiger partial charge in [-0.05, 0) is 46.8 Å². The number of hydrogen-bond donors (Lipinski definition) is 3. The molecule has 2 aliphatic heterocycles. The fourth-order valence-electron chi connectivity index (χ4n) is 4.15. The smallest absolute Gasteiger partial charge is 0.330 e. The van der Waals surface area contributed by atoms with E-state index in [4.69, 9.17) is 18.5 Å². The van der Waals surface area contributed by atoms with E-state index in [0.717, 1.165) is 9.13 Å². The SMILES string of the molecule is CC[NH+](CC)CC.Cc1cn([C@H]2C=C[C@@H](COP(=O)([O-])OC[C@@H]3C=C[C@H](n4cc(C)c(=O)[nH]c4=O)O3)O2)c(=O)[nH]c1=O. The van der Waals surface area contributed by atoms with Crippen molar-refractivity contribution in [3.05, 3.63) is 89.5 Å². The number of aryl methyl sites for hydroxylation is 2. The van der Waals surface area contributed by atoms with Gasteiger partial charge in [0.1, 0.15) is 12.2 Å². The number of nitrogens with one attached hydrogen (secondary N) is 3. The van der Waals surface area contributed by atoms with E-state index >= 15 is 0 Å². The fraction of sp³-hybridized carbons (Fsp3) is 0.538. The van der Waals surface area contributed by atoms with Crippen LogP contribution >= 0.6 is 7.82 Å². The summed E-state index contributed by atoms with van der Waals surface area (Å²) in [4.78, 5) is 65.1. The number of H-pyrrole nitrogens is 2. The minimum Gasteiger partial charge on any atom is -0.756 e. The van der Waals surface area contributed by atoms with E-state index in [2.05, 4.69) is 30.7 Å². The standard InChI is InChI=1S/C20H23N4O10P.C6H15N/c1-11-7-23(19(27)21-17(11)25)15-5-3-13(33-15)9-31-35(29,30)32-10-14-4-6-16(34-14)24-8-12(2)18(26)22-20(24)28;1-4-7(5-2)6-3/h3-8,13-16H,9-10H2,1-2H3,(H,29,30)(H,21,25,27)(H,22,26,28);4-6H2,1-3H3/t13-,14-,15+,16+;/m0./s1. The normalized spacial score (nSPS) is 21.6. The van der Waals surface area contributed by atoms with Gasteiger partial charge in [0.05, 0.1) is 32.8 Å². The van der Waals surface area contributed by atoms with Crippen LogP contribution in [0, 0.1) is 13.8 Å². The summed E-state index contributed by atoms with van der Waals surface area (Å²) in [6.45, 7) is 12.7. The van der Waals surface area contributed by atoms with E-state index in [1.165, 1.54) is 70.2 Å². The largest absolute Gasteiger partial charge is 0.756 e. The van der Waals surface area contributed by atoms with Crippen molar-refractivity contribution in [2.75, 3.05) is 32.8 Å². The third kappa shape index (κ3) is 8.91. The van der Waals surface area contributed by atoms with Gasteiger partial charge in [-0.15, -0.1) is 0 Å². The first kappa shape index (κ1) is 33.3. The van der Waals surface area contributed by atoms with Crippen molar-refractivity contribution in [2.24, 2.45) is 0 Å². The summed E-state index contributed by atoms with van der Waals surface area (Å²) in [6.07, 6.45) is 5.53. The lowest BCUT2D eigenvalue weighted by molar-refractivity contribution is -0.894. The van der Waals surface area contributed by atoms with Crippen molar-refractivity contribution >= 4 is 7.82 Å². The Balaban J connectivity index is 0.000000616. The van der Waals surface area contributed by atoms with E-state index in [9.17, 15) is 28.6 Å². The zero-order valence-electron chi connectivity index (χ0n) is 24.2. The molecule has 0 saturated heterocycles. The van der Waals surface area contributed by atoms with E-state index in [1.807, 2.05) is 0 Å². The van der Waals surface area contributed by atoms with Crippen LogP contribution in [0.4, 0.5) is 0 Å². The van der Waals surface area contributed by atoms with Gasteiger partial charge >= 0.3 is 11.4 Å². The third-order valence-electron chi connectivity index (χ3n) is 6.74. The van der Waals surface area contributed by atoms with Gasteiger partial charge in [-0.2, -0.15) is 0 Å². The summed E-state index contributed by atoms with van der Waals surface area (Å²) >= 11 is 0.